The molecule has 9 nitrogen and oxygen atoms in total. The average molecular weight is 345 g/mol. The Bertz CT molecular complexity index is 843. The van der Waals surface area contributed by atoms with Gasteiger partial charge in [0.1, 0.15) is 0 Å². The highest BCUT2D eigenvalue weighted by Crippen LogP contribution is 2.38. The zero-order valence-corrected chi connectivity index (χ0v) is 13.7. The minimum absolute atomic E-state index is 0.271. The lowest BCUT2D eigenvalue weighted by Crippen LogP contribution is -2.07. The minimum atomic E-state index is -0.899. The van der Waals surface area contributed by atoms with Crippen molar-refractivity contribution >= 4 is 28.7 Å². The maximum atomic E-state index is 11.6. The van der Waals surface area contributed by atoms with E-state index in [9.17, 15) is 25.0 Å². The predicted octanol–water partition coefficient (Wildman–Crippen LogP) is 3.65. The molecule has 0 fully saturated rings. The van der Waals surface area contributed by atoms with E-state index >= 15 is 0 Å². The molecule has 2 aromatic rings. The van der Waals surface area contributed by atoms with E-state index in [0.29, 0.717) is 5.69 Å². The van der Waals surface area contributed by atoms with E-state index in [-0.39, 0.29) is 11.3 Å². The number of anilines is 2. The number of nitro benzene ring substituents is 2. The number of nitro groups is 2. The largest absolute Gasteiger partial charge is 0.465 e. The van der Waals surface area contributed by atoms with Crippen LogP contribution in [0.2, 0.25) is 0 Å². The number of carbonyl (C=O) groups is 1. The topological polar surface area (TPSA) is 125 Å². The van der Waals surface area contributed by atoms with Gasteiger partial charge in [-0.2, -0.15) is 0 Å². The van der Waals surface area contributed by atoms with Crippen LogP contribution in [-0.4, -0.2) is 22.9 Å². The molecule has 0 bridgehead atoms. The molecule has 0 aliphatic carbocycles. The van der Waals surface area contributed by atoms with Gasteiger partial charge in [0.15, 0.2) is 5.69 Å². The van der Waals surface area contributed by atoms with Crippen molar-refractivity contribution in [2.75, 3.05) is 12.4 Å². The Morgan fingerprint density at radius 3 is 2.08 bits per heavy atom. The summed E-state index contributed by atoms with van der Waals surface area (Å²) in [6.07, 6.45) is 0. The number of nitrogens with one attached hydrogen (secondary N) is 1. The number of rotatable bonds is 5. The van der Waals surface area contributed by atoms with Gasteiger partial charge in [-0.15, -0.1) is 0 Å². The normalized spacial score (nSPS) is 10.2. The van der Waals surface area contributed by atoms with E-state index in [0.717, 1.165) is 30.4 Å². The Labute approximate surface area is 142 Å². The molecule has 0 saturated carbocycles. The third kappa shape index (κ3) is 3.71. The summed E-state index contributed by atoms with van der Waals surface area (Å²) in [7, 11) is 1.09. The Balaban J connectivity index is 2.70. The lowest BCUT2D eigenvalue weighted by molar-refractivity contribution is -0.392. The summed E-state index contributed by atoms with van der Waals surface area (Å²) >= 11 is 0. The molecule has 2 aromatic carbocycles. The van der Waals surface area contributed by atoms with Crippen molar-refractivity contribution < 1.29 is 19.4 Å². The number of methoxy groups -OCH3 is 1. The van der Waals surface area contributed by atoms with E-state index in [1.165, 1.54) is 0 Å². The zero-order valence-electron chi connectivity index (χ0n) is 13.7. The molecule has 0 unspecified atom stereocenters. The third-order valence-corrected chi connectivity index (χ3v) is 3.56. The van der Waals surface area contributed by atoms with Crippen molar-refractivity contribution in [2.24, 2.45) is 0 Å². The Morgan fingerprint density at radius 2 is 1.60 bits per heavy atom. The van der Waals surface area contributed by atoms with Crippen molar-refractivity contribution in [3.63, 3.8) is 0 Å². The zero-order chi connectivity index (χ0) is 18.7. The summed E-state index contributed by atoms with van der Waals surface area (Å²) in [5, 5.41) is 25.5. The fourth-order valence-electron chi connectivity index (χ4n) is 2.27. The van der Waals surface area contributed by atoms with Crippen molar-refractivity contribution in [1.29, 1.82) is 0 Å². The summed E-state index contributed by atoms with van der Waals surface area (Å²) in [5.41, 5.74) is 0.391. The van der Waals surface area contributed by atoms with Gasteiger partial charge in [-0.3, -0.25) is 20.2 Å². The molecule has 0 amide bonds. The monoisotopic (exact) mass is 345 g/mol. The van der Waals surface area contributed by atoms with Crippen LogP contribution in [0.3, 0.4) is 0 Å². The van der Waals surface area contributed by atoms with Gasteiger partial charge in [0, 0.05) is 17.8 Å². The minimum Gasteiger partial charge on any atom is -0.465 e. The molecule has 25 heavy (non-hydrogen) atoms. The summed E-state index contributed by atoms with van der Waals surface area (Å²) in [4.78, 5) is 32.9. The molecule has 0 spiro atoms. The van der Waals surface area contributed by atoms with Crippen molar-refractivity contribution in [1.82, 2.24) is 0 Å². The second-order valence-corrected chi connectivity index (χ2v) is 5.34. The molecule has 130 valence electrons. The van der Waals surface area contributed by atoms with Crippen LogP contribution in [0.15, 0.2) is 30.3 Å². The van der Waals surface area contributed by atoms with Gasteiger partial charge >= 0.3 is 17.3 Å². The van der Waals surface area contributed by atoms with E-state index in [2.05, 4.69) is 10.1 Å². The number of aryl methyl sites for hydroxylation is 2. The van der Waals surface area contributed by atoms with Crippen molar-refractivity contribution in [3.8, 4) is 0 Å². The third-order valence-electron chi connectivity index (χ3n) is 3.56. The highest BCUT2D eigenvalue weighted by atomic mass is 16.6. The summed E-state index contributed by atoms with van der Waals surface area (Å²) < 4.78 is 4.49. The molecule has 0 radical (unpaired) electrons. The first-order valence-electron chi connectivity index (χ1n) is 7.14. The van der Waals surface area contributed by atoms with Gasteiger partial charge in [0.2, 0.25) is 0 Å². The van der Waals surface area contributed by atoms with E-state index < -0.39 is 27.2 Å². The van der Waals surface area contributed by atoms with E-state index in [4.69, 9.17) is 0 Å². The van der Waals surface area contributed by atoms with E-state index in [1.54, 1.807) is 19.1 Å². The smallest absolute Gasteiger partial charge is 0.338 e. The van der Waals surface area contributed by atoms with Crippen LogP contribution in [0.5, 0.6) is 0 Å². The molecule has 2 rings (SSSR count). The summed E-state index contributed by atoms with van der Waals surface area (Å²) in [6, 6.07) is 7.26. The predicted molar refractivity (Wildman–Crippen MR) is 90.3 cm³/mol. The van der Waals surface area contributed by atoms with Crippen LogP contribution in [-0.2, 0) is 4.74 Å². The number of benzene rings is 2. The SMILES string of the molecule is COC(=O)c1cc([N+](=O)[O-])c(Nc2cc(C)ccc2C)c([N+](=O)[O-])c1. The molecule has 0 aliphatic rings. The number of hydrogen-bond donors (Lipinski definition) is 1. The Morgan fingerprint density at radius 1 is 1.04 bits per heavy atom. The van der Waals surface area contributed by atoms with Gasteiger partial charge < -0.3 is 10.1 Å². The number of nitrogens with zero attached hydrogens (tertiary/aromatic N) is 2. The summed E-state index contributed by atoms with van der Waals surface area (Å²) in [5.74, 6) is -0.899. The van der Waals surface area contributed by atoms with Crippen molar-refractivity contribution in [2.45, 2.75) is 13.8 Å². The molecule has 1 N–H and O–H groups in total. The van der Waals surface area contributed by atoms with Gasteiger partial charge in [0.25, 0.3) is 0 Å². The van der Waals surface area contributed by atoms with Crippen LogP contribution in [0, 0.1) is 34.1 Å². The second kappa shape index (κ2) is 6.95. The fourth-order valence-corrected chi connectivity index (χ4v) is 2.27. The molecule has 0 heterocycles. The van der Waals surface area contributed by atoms with Gasteiger partial charge in [0.05, 0.1) is 22.5 Å². The van der Waals surface area contributed by atoms with Gasteiger partial charge in [-0.1, -0.05) is 12.1 Å². The van der Waals surface area contributed by atoms with Crippen molar-refractivity contribution in [3.05, 3.63) is 67.3 Å². The average Bonchev–Trinajstić information content (AvgIpc) is 2.56. The van der Waals surface area contributed by atoms with E-state index in [1.807, 2.05) is 13.0 Å². The molecule has 0 saturated heterocycles. The first-order valence-corrected chi connectivity index (χ1v) is 7.14. The number of esters is 1. The maximum Gasteiger partial charge on any atom is 0.338 e. The lowest BCUT2D eigenvalue weighted by atomic mass is 10.1. The van der Waals surface area contributed by atoms with Crippen LogP contribution < -0.4 is 5.32 Å². The second-order valence-electron chi connectivity index (χ2n) is 5.34. The van der Waals surface area contributed by atoms with Crippen LogP contribution in [0.25, 0.3) is 0 Å². The molecule has 0 atom stereocenters. The maximum absolute atomic E-state index is 11.6. The quantitative estimate of drug-likeness (QED) is 0.498. The fraction of sp³-hybridized carbons (Fsp3) is 0.188. The highest BCUT2D eigenvalue weighted by molar-refractivity contribution is 5.94. The van der Waals surface area contributed by atoms with Crippen LogP contribution in [0.4, 0.5) is 22.7 Å². The molecule has 9 heteroatoms. The van der Waals surface area contributed by atoms with Gasteiger partial charge in [-0.25, -0.2) is 4.79 Å². The Hall–Kier alpha value is -3.49. The lowest BCUT2D eigenvalue weighted by Gasteiger charge is -2.12. The number of hydrogen-bond acceptors (Lipinski definition) is 7. The molecule has 0 aliphatic heterocycles. The molecule has 0 aromatic heterocycles. The molecular weight excluding hydrogens is 330 g/mol. The van der Waals surface area contributed by atoms with Crippen LogP contribution in [0.1, 0.15) is 21.5 Å². The van der Waals surface area contributed by atoms with Gasteiger partial charge in [-0.05, 0) is 31.0 Å². The first kappa shape index (κ1) is 17.9. The number of carbonyl (C=O) groups excluding carboxylic acids is 1. The summed E-state index contributed by atoms with van der Waals surface area (Å²) in [6.45, 7) is 3.59. The van der Waals surface area contributed by atoms with Crippen LogP contribution >= 0.6 is 0 Å². The number of ether oxygens (including phenoxy) is 1. The highest BCUT2D eigenvalue weighted by Gasteiger charge is 2.29. The Kier molecular flexibility index (Phi) is 4.97. The first-order chi connectivity index (χ1) is 11.7. The molecular formula is C16H15N3O6. The standard InChI is InChI=1S/C16H15N3O6/c1-9-4-5-10(2)12(6-9)17-15-13(18(21)22)7-11(16(20)25-3)8-14(15)19(23)24/h4-8,17H,1-3H3.